The number of likely N-dealkylation sites (tertiary alicyclic amines) is 1. The molecule has 0 bridgehead atoms. The van der Waals surface area contributed by atoms with Crippen LogP contribution in [-0.4, -0.2) is 63.1 Å². The minimum absolute atomic E-state index is 0.150. The molecule has 0 aromatic carbocycles. The average Bonchev–Trinajstić information content (AvgIpc) is 3.36. The SMILES string of the molecule is CC1(C)OB(c2cnc3c(C4CCN(C(=O)OC5CC5)CC4)cnn3c2)OC1(C)C. The van der Waals surface area contributed by atoms with Gasteiger partial charge >= 0.3 is 13.2 Å². The Kier molecular flexibility index (Phi) is 4.59. The van der Waals surface area contributed by atoms with E-state index < -0.39 is 18.3 Å². The zero-order chi connectivity index (χ0) is 21.1. The van der Waals surface area contributed by atoms with Crippen molar-refractivity contribution in [3.05, 3.63) is 24.2 Å². The Morgan fingerprint density at radius 1 is 1.10 bits per heavy atom. The number of amides is 1. The minimum Gasteiger partial charge on any atom is -0.446 e. The lowest BCUT2D eigenvalue weighted by atomic mass is 9.81. The Labute approximate surface area is 177 Å². The molecule has 8 nitrogen and oxygen atoms in total. The first-order valence-electron chi connectivity index (χ1n) is 10.9. The monoisotopic (exact) mass is 412 g/mol. The lowest BCUT2D eigenvalue weighted by Crippen LogP contribution is -2.41. The zero-order valence-corrected chi connectivity index (χ0v) is 18.1. The molecule has 9 heteroatoms. The van der Waals surface area contributed by atoms with E-state index >= 15 is 0 Å². The lowest BCUT2D eigenvalue weighted by Gasteiger charge is -2.32. The molecular formula is C21H29BN4O4. The second-order valence-corrected chi connectivity index (χ2v) is 9.69. The van der Waals surface area contributed by atoms with E-state index in [2.05, 4.69) is 5.10 Å². The Hall–Kier alpha value is -2.13. The molecule has 2 aromatic heterocycles. The number of rotatable bonds is 3. The summed E-state index contributed by atoms with van der Waals surface area (Å²) >= 11 is 0. The minimum atomic E-state index is -0.458. The van der Waals surface area contributed by atoms with Crippen LogP contribution in [0, 0.1) is 0 Å². The van der Waals surface area contributed by atoms with E-state index in [-0.39, 0.29) is 12.2 Å². The van der Waals surface area contributed by atoms with Crippen molar-refractivity contribution >= 4 is 24.3 Å². The first-order valence-corrected chi connectivity index (χ1v) is 10.9. The highest BCUT2D eigenvalue weighted by atomic mass is 16.7. The highest BCUT2D eigenvalue weighted by Gasteiger charge is 2.52. The summed E-state index contributed by atoms with van der Waals surface area (Å²) in [6, 6.07) is 0. The third kappa shape index (κ3) is 3.48. The van der Waals surface area contributed by atoms with Gasteiger partial charge in [0.25, 0.3) is 0 Å². The molecular weight excluding hydrogens is 383 g/mol. The van der Waals surface area contributed by atoms with Gasteiger partial charge in [-0.3, -0.25) is 0 Å². The van der Waals surface area contributed by atoms with Crippen molar-refractivity contribution in [1.29, 1.82) is 0 Å². The molecule has 1 aliphatic carbocycles. The van der Waals surface area contributed by atoms with Gasteiger partial charge in [0.1, 0.15) is 6.10 Å². The molecule has 0 N–H and O–H groups in total. The van der Waals surface area contributed by atoms with Gasteiger partial charge in [0, 0.05) is 36.5 Å². The lowest BCUT2D eigenvalue weighted by molar-refractivity contribution is 0.00578. The number of fused-ring (bicyclic) bond motifs is 1. The number of aromatic nitrogens is 3. The molecule has 1 saturated carbocycles. The summed E-state index contributed by atoms with van der Waals surface area (Å²) < 4.78 is 19.5. The maximum Gasteiger partial charge on any atom is 0.498 e. The molecule has 2 aliphatic heterocycles. The van der Waals surface area contributed by atoms with Crippen LogP contribution in [0.1, 0.15) is 64.9 Å². The summed E-state index contributed by atoms with van der Waals surface area (Å²) in [6.07, 6.45) is 9.44. The summed E-state index contributed by atoms with van der Waals surface area (Å²) in [5, 5.41) is 4.54. The normalized spacial score (nSPS) is 23.9. The average molecular weight is 412 g/mol. The predicted molar refractivity (Wildman–Crippen MR) is 112 cm³/mol. The van der Waals surface area contributed by atoms with Crippen LogP contribution in [0.3, 0.4) is 0 Å². The molecule has 2 aromatic rings. The van der Waals surface area contributed by atoms with Gasteiger partial charge in [-0.15, -0.1) is 0 Å². The van der Waals surface area contributed by atoms with Gasteiger partial charge in [0.2, 0.25) is 0 Å². The molecule has 2 saturated heterocycles. The third-order valence-corrected chi connectivity index (χ3v) is 6.91. The highest BCUT2D eigenvalue weighted by molar-refractivity contribution is 6.61. The Balaban J connectivity index is 1.29. The van der Waals surface area contributed by atoms with E-state index in [4.69, 9.17) is 19.0 Å². The summed E-state index contributed by atoms with van der Waals surface area (Å²) in [5.41, 5.74) is 2.06. The van der Waals surface area contributed by atoms with Gasteiger partial charge < -0.3 is 18.9 Å². The fourth-order valence-corrected chi connectivity index (χ4v) is 4.07. The van der Waals surface area contributed by atoms with Crippen LogP contribution < -0.4 is 5.46 Å². The molecule has 5 rings (SSSR count). The Morgan fingerprint density at radius 2 is 1.77 bits per heavy atom. The predicted octanol–water partition coefficient (Wildman–Crippen LogP) is 2.51. The molecule has 0 radical (unpaired) electrons. The van der Waals surface area contributed by atoms with Crippen molar-refractivity contribution in [1.82, 2.24) is 19.5 Å². The van der Waals surface area contributed by atoms with E-state index in [1.807, 2.05) is 55.7 Å². The fraction of sp³-hybridized carbons (Fsp3) is 0.667. The molecule has 160 valence electrons. The van der Waals surface area contributed by atoms with Gasteiger partial charge in [0.15, 0.2) is 5.65 Å². The second kappa shape index (κ2) is 6.95. The maximum absolute atomic E-state index is 12.2. The first-order chi connectivity index (χ1) is 14.2. The standard InChI is InChI=1S/C21H29BN4O4/c1-20(2)21(3,4)30-22(29-20)15-11-23-18-17(12-24-26(18)13-15)14-7-9-25(10-8-14)19(27)28-16-5-6-16/h11-14,16H,5-10H2,1-4H3. The van der Waals surface area contributed by atoms with Crippen molar-refractivity contribution in [2.45, 2.75) is 76.6 Å². The largest absolute Gasteiger partial charge is 0.498 e. The van der Waals surface area contributed by atoms with Crippen molar-refractivity contribution in [3.63, 3.8) is 0 Å². The Bertz CT molecular complexity index is 947. The van der Waals surface area contributed by atoms with E-state index in [1.54, 1.807) is 0 Å². The van der Waals surface area contributed by atoms with Gasteiger partial charge in [0.05, 0.1) is 17.4 Å². The van der Waals surface area contributed by atoms with Gasteiger partial charge in [-0.1, -0.05) is 0 Å². The second-order valence-electron chi connectivity index (χ2n) is 9.69. The number of nitrogens with zero attached hydrogens (tertiary/aromatic N) is 4. The van der Waals surface area contributed by atoms with E-state index in [1.165, 1.54) is 0 Å². The van der Waals surface area contributed by atoms with Crippen LogP contribution in [0.15, 0.2) is 18.6 Å². The molecule has 1 amide bonds. The number of carbonyl (C=O) groups is 1. The van der Waals surface area contributed by atoms with E-state index in [9.17, 15) is 4.79 Å². The van der Waals surface area contributed by atoms with Gasteiger partial charge in [-0.2, -0.15) is 5.10 Å². The van der Waals surface area contributed by atoms with Crippen LogP contribution >= 0.6 is 0 Å². The van der Waals surface area contributed by atoms with Crippen LogP contribution in [0.5, 0.6) is 0 Å². The summed E-state index contributed by atoms with van der Waals surface area (Å²) in [4.78, 5) is 18.7. The topological polar surface area (TPSA) is 78.2 Å². The summed E-state index contributed by atoms with van der Waals surface area (Å²) in [5.74, 6) is 0.336. The number of piperidine rings is 1. The molecule has 4 heterocycles. The summed E-state index contributed by atoms with van der Waals surface area (Å²) in [6.45, 7) is 9.57. The summed E-state index contributed by atoms with van der Waals surface area (Å²) in [7, 11) is -0.458. The van der Waals surface area contributed by atoms with Crippen molar-refractivity contribution in [2.75, 3.05) is 13.1 Å². The van der Waals surface area contributed by atoms with Gasteiger partial charge in [-0.05, 0) is 59.3 Å². The van der Waals surface area contributed by atoms with Crippen LogP contribution in [-0.2, 0) is 14.0 Å². The van der Waals surface area contributed by atoms with Crippen LogP contribution in [0.25, 0.3) is 5.65 Å². The molecule has 0 spiro atoms. The van der Waals surface area contributed by atoms with Gasteiger partial charge in [-0.25, -0.2) is 14.3 Å². The number of hydrogen-bond acceptors (Lipinski definition) is 6. The van der Waals surface area contributed by atoms with Crippen molar-refractivity contribution in [2.24, 2.45) is 0 Å². The molecule has 3 aliphatic rings. The van der Waals surface area contributed by atoms with E-state index in [0.29, 0.717) is 19.0 Å². The highest BCUT2D eigenvalue weighted by Crippen LogP contribution is 2.36. The third-order valence-electron chi connectivity index (χ3n) is 6.91. The van der Waals surface area contributed by atoms with E-state index in [0.717, 1.165) is 42.4 Å². The number of carbonyl (C=O) groups excluding carboxylic acids is 1. The van der Waals surface area contributed by atoms with Crippen molar-refractivity contribution in [3.8, 4) is 0 Å². The smallest absolute Gasteiger partial charge is 0.446 e. The molecule has 0 unspecified atom stereocenters. The van der Waals surface area contributed by atoms with Crippen molar-refractivity contribution < 1.29 is 18.8 Å². The van der Waals surface area contributed by atoms with Crippen LogP contribution in [0.4, 0.5) is 4.79 Å². The zero-order valence-electron chi connectivity index (χ0n) is 18.1. The quantitative estimate of drug-likeness (QED) is 0.721. The Morgan fingerprint density at radius 3 is 2.40 bits per heavy atom. The number of hydrogen-bond donors (Lipinski definition) is 0. The number of ether oxygens (including phenoxy) is 1. The molecule has 0 atom stereocenters. The fourth-order valence-electron chi connectivity index (χ4n) is 4.07. The molecule has 3 fully saturated rings. The molecule has 30 heavy (non-hydrogen) atoms. The first kappa shape index (κ1) is 19.8. The maximum atomic E-state index is 12.2. The van der Waals surface area contributed by atoms with Crippen LogP contribution in [0.2, 0.25) is 0 Å².